The van der Waals surface area contributed by atoms with Gasteiger partial charge < -0.3 is 0 Å². The summed E-state index contributed by atoms with van der Waals surface area (Å²) >= 11 is 6.24. The maximum absolute atomic E-state index is 13.3. The van der Waals surface area contributed by atoms with Crippen molar-refractivity contribution in [2.24, 2.45) is 5.10 Å². The molecule has 3 aromatic carbocycles. The molecule has 1 atom stereocenters. The van der Waals surface area contributed by atoms with Crippen molar-refractivity contribution in [2.75, 3.05) is 0 Å². The standard InChI is InChI=1S/C23H18ClN3O3/c1-15-7-6-8-16(13-15)20-14-22(18-10-3-5-12-21(18)27(29)30)26(25-20)23(28)17-9-2-4-11-19(17)24/h2-13,22H,14H2,1H3. The van der Waals surface area contributed by atoms with Gasteiger partial charge >= 0.3 is 0 Å². The van der Waals surface area contributed by atoms with Gasteiger partial charge in [-0.25, -0.2) is 5.01 Å². The molecule has 3 aromatic rings. The summed E-state index contributed by atoms with van der Waals surface area (Å²) in [6.07, 6.45) is 0.366. The number of hydrogen-bond donors (Lipinski definition) is 0. The summed E-state index contributed by atoms with van der Waals surface area (Å²) in [5.74, 6) is -0.397. The van der Waals surface area contributed by atoms with Crippen LogP contribution < -0.4 is 0 Å². The second-order valence-corrected chi connectivity index (χ2v) is 7.49. The SMILES string of the molecule is Cc1cccc(C2=NN(C(=O)c3ccccc3Cl)C(c3ccccc3[N+](=O)[O-])C2)c1. The number of carbonyl (C=O) groups excluding carboxylic acids is 1. The van der Waals surface area contributed by atoms with Crippen molar-refractivity contribution in [1.29, 1.82) is 0 Å². The normalized spacial score (nSPS) is 15.7. The van der Waals surface area contributed by atoms with Crippen LogP contribution in [0.1, 0.15) is 39.5 Å². The van der Waals surface area contributed by atoms with Gasteiger partial charge in [0.25, 0.3) is 11.6 Å². The van der Waals surface area contributed by atoms with Crippen LogP contribution in [0.5, 0.6) is 0 Å². The number of hydrogen-bond acceptors (Lipinski definition) is 4. The Morgan fingerprint density at radius 1 is 1.10 bits per heavy atom. The maximum Gasteiger partial charge on any atom is 0.276 e. The quantitative estimate of drug-likeness (QED) is 0.411. The van der Waals surface area contributed by atoms with Gasteiger partial charge in [-0.2, -0.15) is 5.10 Å². The molecule has 0 saturated carbocycles. The van der Waals surface area contributed by atoms with Crippen molar-refractivity contribution in [3.05, 3.63) is 110 Å². The van der Waals surface area contributed by atoms with Crippen molar-refractivity contribution in [1.82, 2.24) is 5.01 Å². The summed E-state index contributed by atoms with van der Waals surface area (Å²) in [7, 11) is 0. The molecule has 1 aliphatic rings. The van der Waals surface area contributed by atoms with E-state index in [-0.39, 0.29) is 5.69 Å². The Balaban J connectivity index is 1.82. The van der Waals surface area contributed by atoms with Crippen molar-refractivity contribution in [2.45, 2.75) is 19.4 Å². The topological polar surface area (TPSA) is 75.8 Å². The number of nitrogens with zero attached hydrogens (tertiary/aromatic N) is 3. The minimum Gasteiger partial charge on any atom is -0.267 e. The fourth-order valence-electron chi connectivity index (χ4n) is 3.63. The minimum atomic E-state index is -0.606. The van der Waals surface area contributed by atoms with E-state index in [9.17, 15) is 14.9 Å². The van der Waals surface area contributed by atoms with Gasteiger partial charge in [-0.15, -0.1) is 0 Å². The number of aryl methyl sites for hydroxylation is 1. The number of nitro groups is 1. The van der Waals surface area contributed by atoms with Gasteiger partial charge in [0.2, 0.25) is 0 Å². The third-order valence-electron chi connectivity index (χ3n) is 5.07. The fourth-order valence-corrected chi connectivity index (χ4v) is 3.85. The van der Waals surface area contributed by atoms with Crippen LogP contribution in [0.25, 0.3) is 0 Å². The first-order valence-corrected chi connectivity index (χ1v) is 9.79. The molecule has 1 heterocycles. The fraction of sp³-hybridized carbons (Fsp3) is 0.130. The lowest BCUT2D eigenvalue weighted by Gasteiger charge is -2.22. The summed E-state index contributed by atoms with van der Waals surface area (Å²) < 4.78 is 0. The van der Waals surface area contributed by atoms with Gasteiger partial charge in [-0.1, -0.05) is 65.7 Å². The molecule has 1 aliphatic heterocycles. The molecule has 0 aromatic heterocycles. The molecule has 150 valence electrons. The van der Waals surface area contributed by atoms with E-state index < -0.39 is 16.9 Å². The van der Waals surface area contributed by atoms with E-state index in [4.69, 9.17) is 11.6 Å². The summed E-state index contributed by atoms with van der Waals surface area (Å²) in [6.45, 7) is 1.98. The Hall–Kier alpha value is -3.51. The molecular formula is C23H18ClN3O3. The lowest BCUT2D eigenvalue weighted by Crippen LogP contribution is -2.27. The lowest BCUT2D eigenvalue weighted by atomic mass is 9.96. The Morgan fingerprint density at radius 3 is 2.57 bits per heavy atom. The van der Waals surface area contributed by atoms with Crippen LogP contribution in [-0.4, -0.2) is 21.6 Å². The van der Waals surface area contributed by atoms with Gasteiger partial charge in [0.15, 0.2) is 0 Å². The first kappa shape index (κ1) is 19.8. The zero-order valence-electron chi connectivity index (χ0n) is 16.2. The van der Waals surface area contributed by atoms with Gasteiger partial charge in [0.1, 0.15) is 0 Å². The van der Waals surface area contributed by atoms with E-state index in [1.54, 1.807) is 42.5 Å². The molecule has 30 heavy (non-hydrogen) atoms. The van der Waals surface area contributed by atoms with Crippen molar-refractivity contribution in [3.63, 3.8) is 0 Å². The van der Waals surface area contributed by atoms with Gasteiger partial charge in [0, 0.05) is 12.5 Å². The highest BCUT2D eigenvalue weighted by Gasteiger charge is 2.37. The predicted molar refractivity (Wildman–Crippen MR) is 116 cm³/mol. The Labute approximate surface area is 178 Å². The summed E-state index contributed by atoms with van der Waals surface area (Å²) in [5.41, 5.74) is 3.34. The number of nitro benzene ring substituents is 1. The van der Waals surface area contributed by atoms with E-state index in [0.29, 0.717) is 28.3 Å². The van der Waals surface area contributed by atoms with Crippen LogP contribution in [0.15, 0.2) is 77.9 Å². The zero-order chi connectivity index (χ0) is 21.3. The molecule has 0 fully saturated rings. The molecule has 1 unspecified atom stereocenters. The smallest absolute Gasteiger partial charge is 0.267 e. The molecule has 7 heteroatoms. The molecule has 0 spiro atoms. The number of rotatable bonds is 4. The number of amides is 1. The summed E-state index contributed by atoms with van der Waals surface area (Å²) in [4.78, 5) is 24.5. The zero-order valence-corrected chi connectivity index (χ0v) is 16.9. The van der Waals surface area contributed by atoms with E-state index in [1.165, 1.54) is 11.1 Å². The van der Waals surface area contributed by atoms with Crippen molar-refractivity contribution >= 4 is 28.9 Å². The van der Waals surface area contributed by atoms with Crippen LogP contribution in [-0.2, 0) is 0 Å². The Morgan fingerprint density at radius 2 is 1.83 bits per heavy atom. The molecule has 0 bridgehead atoms. The predicted octanol–water partition coefficient (Wildman–Crippen LogP) is 5.55. The monoisotopic (exact) mass is 419 g/mol. The second kappa shape index (κ2) is 8.08. The van der Waals surface area contributed by atoms with E-state index in [2.05, 4.69) is 5.10 Å². The summed E-state index contributed by atoms with van der Waals surface area (Å²) in [6, 6.07) is 20.4. The third-order valence-corrected chi connectivity index (χ3v) is 5.40. The molecule has 0 saturated heterocycles. The van der Waals surface area contributed by atoms with E-state index in [0.717, 1.165) is 11.1 Å². The van der Waals surface area contributed by atoms with E-state index >= 15 is 0 Å². The van der Waals surface area contributed by atoms with Crippen LogP contribution >= 0.6 is 11.6 Å². The minimum absolute atomic E-state index is 0.0415. The Bertz CT molecular complexity index is 1180. The molecule has 0 N–H and O–H groups in total. The highest BCUT2D eigenvalue weighted by molar-refractivity contribution is 6.33. The van der Waals surface area contributed by atoms with Crippen LogP contribution in [0.4, 0.5) is 5.69 Å². The van der Waals surface area contributed by atoms with Crippen LogP contribution in [0.2, 0.25) is 5.02 Å². The molecule has 0 aliphatic carbocycles. The summed E-state index contributed by atoms with van der Waals surface area (Å²) in [5, 5.41) is 17.8. The first-order chi connectivity index (χ1) is 14.5. The van der Waals surface area contributed by atoms with Gasteiger partial charge in [-0.05, 0) is 30.7 Å². The highest BCUT2D eigenvalue weighted by atomic mass is 35.5. The van der Waals surface area contributed by atoms with Crippen LogP contribution in [0, 0.1) is 17.0 Å². The van der Waals surface area contributed by atoms with Gasteiger partial charge in [0.05, 0.1) is 32.8 Å². The molecule has 0 radical (unpaired) electrons. The number of benzene rings is 3. The third kappa shape index (κ3) is 3.69. The van der Waals surface area contributed by atoms with Crippen molar-refractivity contribution < 1.29 is 9.72 Å². The first-order valence-electron chi connectivity index (χ1n) is 9.41. The average molecular weight is 420 g/mol. The number of carbonyl (C=O) groups is 1. The Kier molecular flexibility index (Phi) is 5.33. The second-order valence-electron chi connectivity index (χ2n) is 7.08. The van der Waals surface area contributed by atoms with Crippen LogP contribution in [0.3, 0.4) is 0 Å². The molecule has 4 rings (SSSR count). The number of halogens is 1. The number of hydrazone groups is 1. The molecule has 6 nitrogen and oxygen atoms in total. The molecule has 1 amide bonds. The van der Waals surface area contributed by atoms with Gasteiger partial charge in [-0.3, -0.25) is 14.9 Å². The lowest BCUT2D eigenvalue weighted by molar-refractivity contribution is -0.385. The van der Waals surface area contributed by atoms with E-state index in [1.807, 2.05) is 31.2 Å². The highest BCUT2D eigenvalue weighted by Crippen LogP contribution is 2.38. The number of para-hydroxylation sites is 1. The maximum atomic E-state index is 13.3. The molecular weight excluding hydrogens is 402 g/mol. The average Bonchev–Trinajstić information content (AvgIpc) is 3.19. The van der Waals surface area contributed by atoms with Crippen molar-refractivity contribution in [3.8, 4) is 0 Å². The largest absolute Gasteiger partial charge is 0.276 e.